The number of pyridine rings is 1. The highest BCUT2D eigenvalue weighted by atomic mass is 32.2. The molecule has 2 aromatic heterocycles. The summed E-state index contributed by atoms with van der Waals surface area (Å²) in [6.45, 7) is 6.89. The number of benzene rings is 1. The van der Waals surface area contributed by atoms with E-state index in [0.29, 0.717) is 23.4 Å². The third-order valence-corrected chi connectivity index (χ3v) is 8.68. The van der Waals surface area contributed by atoms with Gasteiger partial charge in [-0.15, -0.1) is 0 Å². The van der Waals surface area contributed by atoms with Crippen molar-refractivity contribution in [2.45, 2.75) is 31.6 Å². The number of carboxylic acids is 1. The first-order chi connectivity index (χ1) is 20.0. The Balaban J connectivity index is 1.30. The van der Waals surface area contributed by atoms with E-state index in [0.717, 1.165) is 63.5 Å². The smallest absolute Gasteiger partial charge is 0.327 e. The molecule has 1 aromatic carbocycles. The van der Waals surface area contributed by atoms with Gasteiger partial charge in [-0.05, 0) is 36.5 Å². The Hall–Kier alpha value is -3.86. The van der Waals surface area contributed by atoms with Crippen molar-refractivity contribution in [1.82, 2.24) is 20.3 Å². The van der Waals surface area contributed by atoms with Gasteiger partial charge in [0.15, 0.2) is 0 Å². The van der Waals surface area contributed by atoms with Crippen LogP contribution < -0.4 is 20.0 Å². The third kappa shape index (κ3) is 7.66. The van der Waals surface area contributed by atoms with Crippen molar-refractivity contribution in [3.8, 4) is 0 Å². The predicted molar refractivity (Wildman–Crippen MR) is 163 cm³/mol. The fourth-order valence-electron chi connectivity index (χ4n) is 5.03. The number of piperazine rings is 1. The van der Waals surface area contributed by atoms with Gasteiger partial charge in [0, 0.05) is 63.0 Å². The largest absolute Gasteiger partial charge is 0.480 e. The molecule has 10 nitrogen and oxygen atoms in total. The van der Waals surface area contributed by atoms with Crippen LogP contribution in [0.15, 0.2) is 60.8 Å². The lowest BCUT2D eigenvalue weighted by Gasteiger charge is -2.37. The van der Waals surface area contributed by atoms with Gasteiger partial charge in [-0.2, -0.15) is 16.7 Å². The minimum atomic E-state index is -1.07. The molecule has 1 amide bonds. The van der Waals surface area contributed by atoms with E-state index >= 15 is 0 Å². The molecule has 41 heavy (non-hydrogen) atoms. The maximum absolute atomic E-state index is 13.4. The number of carbonyl (C=O) groups excluding carboxylic acids is 1. The molecule has 216 valence electrons. The van der Waals surface area contributed by atoms with Gasteiger partial charge >= 0.3 is 5.97 Å². The molecular formula is C30H37N7O3S. The van der Waals surface area contributed by atoms with Crippen LogP contribution in [0, 0.1) is 5.92 Å². The van der Waals surface area contributed by atoms with Gasteiger partial charge in [-0.1, -0.05) is 43.3 Å². The minimum Gasteiger partial charge on any atom is -0.480 e. The van der Waals surface area contributed by atoms with Crippen molar-refractivity contribution >= 4 is 41.2 Å². The number of piperidine rings is 1. The zero-order valence-electron chi connectivity index (χ0n) is 23.4. The Bertz CT molecular complexity index is 1300. The number of amides is 1. The molecule has 4 heterocycles. The number of aliphatic carboxylic acids is 1. The van der Waals surface area contributed by atoms with Crippen LogP contribution in [-0.2, 0) is 10.5 Å². The zero-order chi connectivity index (χ0) is 28.6. The fourth-order valence-corrected chi connectivity index (χ4v) is 6.04. The molecule has 5 rings (SSSR count). The molecule has 0 aliphatic carbocycles. The van der Waals surface area contributed by atoms with E-state index in [1.165, 1.54) is 11.8 Å². The highest BCUT2D eigenvalue weighted by molar-refractivity contribution is 7.98. The molecule has 0 radical (unpaired) electrons. The number of thioether (sulfide) groups is 1. The normalized spacial score (nSPS) is 16.9. The Morgan fingerprint density at radius 1 is 0.927 bits per heavy atom. The van der Waals surface area contributed by atoms with Crippen molar-refractivity contribution in [3.05, 3.63) is 72.1 Å². The molecule has 0 bridgehead atoms. The van der Waals surface area contributed by atoms with Crippen LogP contribution in [-0.4, -0.2) is 83.0 Å². The lowest BCUT2D eigenvalue weighted by atomic mass is 10.00. The number of carboxylic acid groups (broad SMARTS) is 1. The molecule has 2 aliphatic rings. The summed E-state index contributed by atoms with van der Waals surface area (Å²) in [6, 6.07) is 16.4. The Labute approximate surface area is 245 Å². The molecule has 11 heteroatoms. The van der Waals surface area contributed by atoms with E-state index in [4.69, 9.17) is 4.98 Å². The SMILES string of the molecule is CC1CCN(c2nc(C(=O)N[C@@H](CSCc3ccccc3)C(=O)O)cc(N3CCN(c4ccccn4)CC3)n2)CC1. The molecular weight excluding hydrogens is 538 g/mol. The Morgan fingerprint density at radius 3 is 2.27 bits per heavy atom. The van der Waals surface area contributed by atoms with E-state index < -0.39 is 17.9 Å². The third-order valence-electron chi connectivity index (χ3n) is 7.58. The van der Waals surface area contributed by atoms with Crippen molar-refractivity contribution in [2.24, 2.45) is 5.92 Å². The van der Waals surface area contributed by atoms with E-state index in [1.807, 2.05) is 48.5 Å². The van der Waals surface area contributed by atoms with Crippen molar-refractivity contribution in [1.29, 1.82) is 0 Å². The molecule has 2 aliphatic heterocycles. The second-order valence-electron chi connectivity index (χ2n) is 10.6. The number of rotatable bonds is 10. The number of nitrogens with one attached hydrogen (secondary N) is 1. The van der Waals surface area contributed by atoms with Gasteiger partial charge in [-0.3, -0.25) is 4.79 Å². The molecule has 1 atom stereocenters. The monoisotopic (exact) mass is 575 g/mol. The van der Waals surface area contributed by atoms with Crippen LogP contribution in [0.5, 0.6) is 0 Å². The second kappa shape index (κ2) is 13.7. The molecule has 3 aromatic rings. The average Bonchev–Trinajstić information content (AvgIpc) is 3.01. The molecule has 2 fully saturated rings. The summed E-state index contributed by atoms with van der Waals surface area (Å²) in [5.41, 5.74) is 1.30. The maximum atomic E-state index is 13.4. The lowest BCUT2D eigenvalue weighted by molar-refractivity contribution is -0.138. The summed E-state index contributed by atoms with van der Waals surface area (Å²) in [5.74, 6) is 2.15. The average molecular weight is 576 g/mol. The van der Waals surface area contributed by atoms with Gasteiger partial charge in [0.2, 0.25) is 5.95 Å². The van der Waals surface area contributed by atoms with Gasteiger partial charge in [0.1, 0.15) is 23.4 Å². The van der Waals surface area contributed by atoms with E-state index in [1.54, 1.807) is 12.3 Å². The van der Waals surface area contributed by atoms with Crippen LogP contribution in [0.2, 0.25) is 0 Å². The van der Waals surface area contributed by atoms with Crippen LogP contribution in [0.3, 0.4) is 0 Å². The second-order valence-corrected chi connectivity index (χ2v) is 11.6. The first-order valence-corrected chi connectivity index (χ1v) is 15.3. The maximum Gasteiger partial charge on any atom is 0.327 e. The Morgan fingerprint density at radius 2 is 1.61 bits per heavy atom. The molecule has 0 spiro atoms. The van der Waals surface area contributed by atoms with E-state index in [-0.39, 0.29) is 11.4 Å². The van der Waals surface area contributed by atoms with Gasteiger partial charge < -0.3 is 25.1 Å². The summed E-state index contributed by atoms with van der Waals surface area (Å²) in [7, 11) is 0. The zero-order valence-corrected chi connectivity index (χ0v) is 24.2. The van der Waals surface area contributed by atoms with Gasteiger partial charge in [0.05, 0.1) is 0 Å². The van der Waals surface area contributed by atoms with E-state index in [9.17, 15) is 14.7 Å². The van der Waals surface area contributed by atoms with Gasteiger partial charge in [-0.25, -0.2) is 14.8 Å². The van der Waals surface area contributed by atoms with Crippen LogP contribution in [0.25, 0.3) is 0 Å². The number of aromatic nitrogens is 3. The standard InChI is InChI=1S/C30H37N7O3S/c1-22-10-13-37(14-11-22)30-33-24(28(38)32-25(29(39)40)21-41-20-23-7-3-2-4-8-23)19-27(34-30)36-17-15-35(16-18-36)26-9-5-6-12-31-26/h2-9,12,19,22,25H,10-11,13-18,20-21H2,1H3,(H,32,38)(H,39,40)/t25-/m0/s1. The topological polar surface area (TPSA) is 115 Å². The Kier molecular flexibility index (Phi) is 9.55. The molecule has 0 unspecified atom stereocenters. The van der Waals surface area contributed by atoms with E-state index in [2.05, 4.69) is 36.9 Å². The minimum absolute atomic E-state index is 0.190. The number of carbonyl (C=O) groups is 2. The van der Waals surface area contributed by atoms with Crippen molar-refractivity contribution in [3.63, 3.8) is 0 Å². The van der Waals surface area contributed by atoms with Crippen molar-refractivity contribution < 1.29 is 14.7 Å². The molecule has 2 N–H and O–H groups in total. The summed E-state index contributed by atoms with van der Waals surface area (Å²) in [5, 5.41) is 12.6. The summed E-state index contributed by atoms with van der Waals surface area (Å²) >= 11 is 1.48. The summed E-state index contributed by atoms with van der Waals surface area (Å²) in [6.07, 6.45) is 3.88. The highest BCUT2D eigenvalue weighted by Gasteiger charge is 2.27. The van der Waals surface area contributed by atoms with Crippen LogP contribution in [0.4, 0.5) is 17.6 Å². The quantitative estimate of drug-likeness (QED) is 0.372. The highest BCUT2D eigenvalue weighted by Crippen LogP contribution is 2.25. The van der Waals surface area contributed by atoms with Crippen LogP contribution >= 0.6 is 11.8 Å². The first-order valence-electron chi connectivity index (χ1n) is 14.2. The summed E-state index contributed by atoms with van der Waals surface area (Å²) < 4.78 is 0. The van der Waals surface area contributed by atoms with Gasteiger partial charge in [0.25, 0.3) is 5.91 Å². The fraction of sp³-hybridized carbons (Fsp3) is 0.433. The van der Waals surface area contributed by atoms with Crippen molar-refractivity contribution in [2.75, 3.05) is 59.7 Å². The molecule has 2 saturated heterocycles. The van der Waals surface area contributed by atoms with Crippen LogP contribution in [0.1, 0.15) is 35.8 Å². The number of hydrogen-bond donors (Lipinski definition) is 2. The lowest BCUT2D eigenvalue weighted by Crippen LogP contribution is -2.47. The summed E-state index contributed by atoms with van der Waals surface area (Å²) in [4.78, 5) is 46.0. The first kappa shape index (κ1) is 28.7. The molecule has 0 saturated carbocycles. The number of nitrogens with zero attached hydrogens (tertiary/aromatic N) is 6. The number of anilines is 3. The predicted octanol–water partition coefficient (Wildman–Crippen LogP) is 3.55. The number of hydrogen-bond acceptors (Lipinski definition) is 9.